The maximum absolute atomic E-state index is 9.11. The van der Waals surface area contributed by atoms with E-state index in [-0.39, 0.29) is 12.0 Å². The summed E-state index contributed by atoms with van der Waals surface area (Å²) in [4.78, 5) is 8.95. The van der Waals surface area contributed by atoms with Crippen LogP contribution in [0.4, 0.5) is 11.6 Å². The number of aromatic nitrogens is 3. The Morgan fingerprint density at radius 2 is 2.14 bits per heavy atom. The summed E-state index contributed by atoms with van der Waals surface area (Å²) in [5, 5.41) is 15.8. The molecule has 2 rings (SSSR count). The van der Waals surface area contributed by atoms with Crippen molar-refractivity contribution in [2.45, 2.75) is 33.6 Å². The largest absolute Gasteiger partial charge is 0.396 e. The minimum atomic E-state index is 0.00681. The van der Waals surface area contributed by atoms with Gasteiger partial charge >= 0.3 is 0 Å². The van der Waals surface area contributed by atoms with Crippen molar-refractivity contribution in [3.8, 4) is 0 Å². The second-order valence-corrected chi connectivity index (χ2v) is 6.05. The predicted molar refractivity (Wildman–Crippen MR) is 85.7 cm³/mol. The van der Waals surface area contributed by atoms with E-state index >= 15 is 0 Å². The fourth-order valence-corrected chi connectivity index (χ4v) is 2.10. The third-order valence-corrected chi connectivity index (χ3v) is 3.45. The van der Waals surface area contributed by atoms with E-state index in [1.807, 2.05) is 16.8 Å². The molecule has 2 heterocycles. The molecule has 0 amide bonds. The SMILES string of the molecule is CCCNc1cn2ccnc2c(NCC(C)(C)CCO)n1. The van der Waals surface area contributed by atoms with E-state index in [9.17, 15) is 0 Å². The molecule has 6 heteroatoms. The van der Waals surface area contributed by atoms with Gasteiger partial charge in [-0.05, 0) is 18.3 Å². The first-order chi connectivity index (χ1) is 10.1. The Morgan fingerprint density at radius 3 is 2.86 bits per heavy atom. The minimum Gasteiger partial charge on any atom is -0.396 e. The van der Waals surface area contributed by atoms with Crippen LogP contribution in [0.5, 0.6) is 0 Å². The van der Waals surface area contributed by atoms with Crippen molar-refractivity contribution in [1.29, 1.82) is 0 Å². The average molecular weight is 291 g/mol. The lowest BCUT2D eigenvalue weighted by Crippen LogP contribution is -2.25. The molecule has 3 N–H and O–H groups in total. The van der Waals surface area contributed by atoms with E-state index in [2.05, 4.69) is 41.4 Å². The van der Waals surface area contributed by atoms with Crippen molar-refractivity contribution in [1.82, 2.24) is 14.4 Å². The number of hydrogen-bond donors (Lipinski definition) is 3. The standard InChI is InChI=1S/C15H25N5O/c1-4-6-16-12-10-20-8-7-17-14(20)13(19-12)18-11-15(2,3)5-9-21/h7-8,10,16,21H,4-6,9,11H2,1-3H3,(H,18,19). The Kier molecular flexibility index (Phi) is 5.01. The number of hydrogen-bond acceptors (Lipinski definition) is 5. The molecule has 0 aliphatic carbocycles. The van der Waals surface area contributed by atoms with E-state index in [0.717, 1.165) is 43.2 Å². The van der Waals surface area contributed by atoms with Gasteiger partial charge in [-0.3, -0.25) is 0 Å². The molecule has 0 bridgehead atoms. The van der Waals surface area contributed by atoms with Crippen LogP contribution in [-0.2, 0) is 0 Å². The van der Waals surface area contributed by atoms with Crippen LogP contribution >= 0.6 is 0 Å². The first kappa shape index (κ1) is 15.6. The Balaban J connectivity index is 2.18. The molecule has 0 atom stereocenters. The highest BCUT2D eigenvalue weighted by Gasteiger charge is 2.18. The number of nitrogens with zero attached hydrogens (tertiary/aromatic N) is 3. The van der Waals surface area contributed by atoms with Gasteiger partial charge in [-0.15, -0.1) is 0 Å². The lowest BCUT2D eigenvalue weighted by atomic mass is 9.90. The lowest BCUT2D eigenvalue weighted by Gasteiger charge is -2.24. The van der Waals surface area contributed by atoms with Gasteiger partial charge in [0.25, 0.3) is 0 Å². The van der Waals surface area contributed by atoms with Crippen molar-refractivity contribution in [3.63, 3.8) is 0 Å². The van der Waals surface area contributed by atoms with Gasteiger partial charge in [0, 0.05) is 32.1 Å². The number of anilines is 2. The van der Waals surface area contributed by atoms with Crippen LogP contribution < -0.4 is 10.6 Å². The summed E-state index contributed by atoms with van der Waals surface area (Å²) < 4.78 is 1.96. The molecule has 116 valence electrons. The number of aliphatic hydroxyl groups excluding tert-OH is 1. The molecular formula is C15H25N5O. The number of fused-ring (bicyclic) bond motifs is 1. The molecule has 0 saturated heterocycles. The zero-order valence-corrected chi connectivity index (χ0v) is 13.1. The van der Waals surface area contributed by atoms with Crippen molar-refractivity contribution < 1.29 is 5.11 Å². The van der Waals surface area contributed by atoms with E-state index in [0.29, 0.717) is 0 Å². The molecule has 0 aromatic carbocycles. The molecular weight excluding hydrogens is 266 g/mol. The molecule has 6 nitrogen and oxygen atoms in total. The van der Waals surface area contributed by atoms with E-state index < -0.39 is 0 Å². The molecule has 2 aromatic rings. The third-order valence-electron chi connectivity index (χ3n) is 3.45. The Hall–Kier alpha value is -1.82. The fraction of sp³-hybridized carbons (Fsp3) is 0.600. The molecule has 0 radical (unpaired) electrons. The Bertz CT molecular complexity index is 578. The van der Waals surface area contributed by atoms with Gasteiger partial charge in [-0.1, -0.05) is 20.8 Å². The predicted octanol–water partition coefficient (Wildman–Crippen LogP) is 2.37. The normalized spacial score (nSPS) is 11.8. The zero-order valence-electron chi connectivity index (χ0n) is 13.1. The van der Waals surface area contributed by atoms with Crippen molar-refractivity contribution >= 4 is 17.3 Å². The zero-order chi connectivity index (χ0) is 15.3. The molecule has 0 aliphatic heterocycles. The number of imidazole rings is 1. The molecule has 2 aromatic heterocycles. The van der Waals surface area contributed by atoms with Gasteiger partial charge in [0.15, 0.2) is 11.5 Å². The van der Waals surface area contributed by atoms with Crippen LogP contribution in [0.3, 0.4) is 0 Å². The monoisotopic (exact) mass is 291 g/mol. The van der Waals surface area contributed by atoms with Crippen molar-refractivity contribution in [3.05, 3.63) is 18.6 Å². The summed E-state index contributed by atoms with van der Waals surface area (Å²) in [6.45, 7) is 8.19. The summed E-state index contributed by atoms with van der Waals surface area (Å²) in [6, 6.07) is 0. The number of aliphatic hydroxyl groups is 1. The van der Waals surface area contributed by atoms with Crippen LogP contribution in [0.25, 0.3) is 5.65 Å². The first-order valence-corrected chi connectivity index (χ1v) is 7.48. The molecule has 0 unspecified atom stereocenters. The van der Waals surface area contributed by atoms with Gasteiger partial charge in [-0.2, -0.15) is 0 Å². The van der Waals surface area contributed by atoms with E-state index in [1.165, 1.54) is 0 Å². The van der Waals surface area contributed by atoms with E-state index in [1.54, 1.807) is 6.20 Å². The van der Waals surface area contributed by atoms with Gasteiger partial charge in [0.2, 0.25) is 0 Å². The second-order valence-electron chi connectivity index (χ2n) is 6.05. The van der Waals surface area contributed by atoms with Crippen LogP contribution in [0, 0.1) is 5.41 Å². The number of nitrogens with one attached hydrogen (secondary N) is 2. The Morgan fingerprint density at radius 1 is 1.33 bits per heavy atom. The van der Waals surface area contributed by atoms with Gasteiger partial charge in [-0.25, -0.2) is 9.97 Å². The van der Waals surface area contributed by atoms with Crippen LogP contribution in [0.15, 0.2) is 18.6 Å². The maximum Gasteiger partial charge on any atom is 0.180 e. The second kappa shape index (κ2) is 6.76. The summed E-state index contributed by atoms with van der Waals surface area (Å²) in [5.41, 5.74) is 0.823. The van der Waals surface area contributed by atoms with Crippen LogP contribution in [0.2, 0.25) is 0 Å². The quantitative estimate of drug-likeness (QED) is 0.696. The van der Waals surface area contributed by atoms with E-state index in [4.69, 9.17) is 5.11 Å². The smallest absolute Gasteiger partial charge is 0.180 e. The highest BCUT2D eigenvalue weighted by atomic mass is 16.3. The van der Waals surface area contributed by atoms with Crippen molar-refractivity contribution in [2.24, 2.45) is 5.41 Å². The first-order valence-electron chi connectivity index (χ1n) is 7.48. The molecule has 0 spiro atoms. The topological polar surface area (TPSA) is 74.5 Å². The lowest BCUT2D eigenvalue weighted by molar-refractivity contribution is 0.220. The fourth-order valence-electron chi connectivity index (χ4n) is 2.10. The summed E-state index contributed by atoms with van der Waals surface area (Å²) >= 11 is 0. The molecule has 0 aliphatic rings. The van der Waals surface area contributed by atoms with Crippen LogP contribution in [-0.4, -0.2) is 39.2 Å². The minimum absolute atomic E-state index is 0.00681. The Labute approximate surface area is 125 Å². The van der Waals surface area contributed by atoms with Gasteiger partial charge in [0.1, 0.15) is 5.82 Å². The van der Waals surface area contributed by atoms with Crippen molar-refractivity contribution in [2.75, 3.05) is 30.3 Å². The summed E-state index contributed by atoms with van der Waals surface area (Å²) in [7, 11) is 0. The molecule has 0 fully saturated rings. The molecule has 21 heavy (non-hydrogen) atoms. The number of rotatable bonds is 8. The highest BCUT2D eigenvalue weighted by molar-refractivity contribution is 5.65. The van der Waals surface area contributed by atoms with Crippen LogP contribution in [0.1, 0.15) is 33.6 Å². The average Bonchev–Trinajstić information content (AvgIpc) is 2.91. The van der Waals surface area contributed by atoms with Gasteiger partial charge in [0.05, 0.1) is 6.20 Å². The molecule has 0 saturated carbocycles. The summed E-state index contributed by atoms with van der Waals surface area (Å²) in [6.07, 6.45) is 7.43. The third kappa shape index (κ3) is 4.07. The maximum atomic E-state index is 9.11. The summed E-state index contributed by atoms with van der Waals surface area (Å²) in [5.74, 6) is 1.61. The van der Waals surface area contributed by atoms with Gasteiger partial charge < -0.3 is 20.1 Å². The highest BCUT2D eigenvalue weighted by Crippen LogP contribution is 2.22.